The molecule has 9 nitrogen and oxygen atoms in total. The lowest BCUT2D eigenvalue weighted by atomic mass is 10.00. The smallest absolute Gasteiger partial charge is 0.410 e. The number of ether oxygens (including phenoxy) is 1. The van der Waals surface area contributed by atoms with Crippen LogP contribution in [0.5, 0.6) is 0 Å². The molecule has 1 saturated heterocycles. The molecule has 1 fully saturated rings. The lowest BCUT2D eigenvalue weighted by Gasteiger charge is -2.36. The molecular formula is C26H35Cl2N7O2. The first-order valence-corrected chi connectivity index (χ1v) is 13.5. The van der Waals surface area contributed by atoms with Gasteiger partial charge in [-0.25, -0.2) is 14.8 Å². The number of piperidine rings is 1. The molecule has 3 aromatic rings. The Hall–Kier alpha value is -2.62. The predicted octanol–water partition coefficient (Wildman–Crippen LogP) is 5.58. The average molecular weight is 549 g/mol. The maximum atomic E-state index is 12.6. The number of aromatic nitrogens is 4. The molecule has 0 saturated carbocycles. The van der Waals surface area contributed by atoms with Crippen LogP contribution < -0.4 is 10.6 Å². The van der Waals surface area contributed by atoms with Crippen LogP contribution >= 0.6 is 23.2 Å². The van der Waals surface area contributed by atoms with Crippen molar-refractivity contribution < 1.29 is 9.53 Å². The summed E-state index contributed by atoms with van der Waals surface area (Å²) >= 11 is 12.5. The van der Waals surface area contributed by atoms with E-state index in [0.717, 1.165) is 54.5 Å². The highest BCUT2D eigenvalue weighted by molar-refractivity contribution is 6.31. The molecule has 1 atom stereocenters. The second-order valence-electron chi connectivity index (χ2n) is 10.3. The van der Waals surface area contributed by atoms with Crippen LogP contribution in [0.2, 0.25) is 10.0 Å². The monoisotopic (exact) mass is 547 g/mol. The number of hydrogen-bond acceptors (Lipinski definition) is 7. The number of carbonyl (C=O) groups is 1. The molecule has 200 valence electrons. The molecule has 0 aliphatic carbocycles. The van der Waals surface area contributed by atoms with Gasteiger partial charge in [0.05, 0.1) is 28.1 Å². The highest BCUT2D eigenvalue weighted by atomic mass is 35.5. The molecule has 0 bridgehead atoms. The first kappa shape index (κ1) is 27.4. The number of carbonyl (C=O) groups excluding carboxylic acids is 1. The second-order valence-corrected chi connectivity index (χ2v) is 11.2. The summed E-state index contributed by atoms with van der Waals surface area (Å²) in [5.41, 5.74) is 2.14. The van der Waals surface area contributed by atoms with E-state index in [0.29, 0.717) is 42.0 Å². The van der Waals surface area contributed by atoms with Crippen LogP contribution in [-0.4, -0.2) is 62.4 Å². The van der Waals surface area contributed by atoms with E-state index in [9.17, 15) is 4.79 Å². The number of fused-ring (bicyclic) bond motifs is 1. The third-order valence-corrected chi connectivity index (χ3v) is 6.82. The van der Waals surface area contributed by atoms with Crippen LogP contribution in [0, 0.1) is 0 Å². The number of benzene rings is 1. The van der Waals surface area contributed by atoms with Crippen molar-refractivity contribution in [3.63, 3.8) is 0 Å². The van der Waals surface area contributed by atoms with Crippen LogP contribution in [-0.2, 0) is 17.7 Å². The third kappa shape index (κ3) is 7.69. The Morgan fingerprint density at radius 2 is 2.05 bits per heavy atom. The van der Waals surface area contributed by atoms with E-state index < -0.39 is 5.60 Å². The van der Waals surface area contributed by atoms with Crippen molar-refractivity contribution in [2.45, 2.75) is 71.1 Å². The maximum absolute atomic E-state index is 12.6. The Bertz CT molecular complexity index is 1210. The SMILES string of the molecule is CC(C)(C)OC(=O)N1CCCCC1CCNc1ncc(Cl)c(CCNCc2n[nH]c3ccc(Cl)cc23)n1. The van der Waals surface area contributed by atoms with Gasteiger partial charge in [-0.3, -0.25) is 5.10 Å². The van der Waals surface area contributed by atoms with Crippen LogP contribution in [0.4, 0.5) is 10.7 Å². The number of H-pyrrole nitrogens is 1. The lowest BCUT2D eigenvalue weighted by molar-refractivity contribution is 0.00929. The molecule has 1 unspecified atom stereocenters. The minimum Gasteiger partial charge on any atom is -0.444 e. The summed E-state index contributed by atoms with van der Waals surface area (Å²) in [6.07, 6.45) is 5.92. The normalized spacial score (nSPS) is 16.2. The van der Waals surface area contributed by atoms with Crippen molar-refractivity contribution in [2.75, 3.05) is 25.0 Å². The molecule has 3 N–H and O–H groups in total. The fourth-order valence-corrected chi connectivity index (χ4v) is 4.82. The van der Waals surface area contributed by atoms with Crippen molar-refractivity contribution in [3.05, 3.63) is 45.8 Å². The summed E-state index contributed by atoms with van der Waals surface area (Å²) in [4.78, 5) is 23.5. The number of nitrogens with one attached hydrogen (secondary N) is 3. The highest BCUT2D eigenvalue weighted by Crippen LogP contribution is 2.23. The summed E-state index contributed by atoms with van der Waals surface area (Å²) in [6.45, 7) is 8.34. The van der Waals surface area contributed by atoms with Crippen molar-refractivity contribution in [3.8, 4) is 0 Å². The number of halogens is 2. The Balaban J connectivity index is 1.26. The van der Waals surface area contributed by atoms with Crippen LogP contribution in [0.3, 0.4) is 0 Å². The number of rotatable bonds is 9. The van der Waals surface area contributed by atoms with Gasteiger partial charge in [-0.15, -0.1) is 0 Å². The van der Waals surface area contributed by atoms with E-state index in [1.54, 1.807) is 6.20 Å². The van der Waals surface area contributed by atoms with E-state index in [1.165, 1.54) is 0 Å². The molecule has 0 spiro atoms. The van der Waals surface area contributed by atoms with Gasteiger partial charge < -0.3 is 20.3 Å². The van der Waals surface area contributed by atoms with E-state index in [4.69, 9.17) is 27.9 Å². The van der Waals surface area contributed by atoms with Crippen molar-refractivity contribution >= 4 is 46.1 Å². The maximum Gasteiger partial charge on any atom is 0.410 e. The molecule has 4 rings (SSSR count). The lowest BCUT2D eigenvalue weighted by Crippen LogP contribution is -2.46. The van der Waals surface area contributed by atoms with Gasteiger partial charge in [-0.05, 0) is 64.7 Å². The molecular weight excluding hydrogens is 513 g/mol. The zero-order valence-corrected chi connectivity index (χ0v) is 23.1. The average Bonchev–Trinajstić information content (AvgIpc) is 3.24. The molecule has 1 aromatic carbocycles. The van der Waals surface area contributed by atoms with Crippen molar-refractivity contribution in [1.82, 2.24) is 30.4 Å². The van der Waals surface area contributed by atoms with Gasteiger partial charge in [-0.2, -0.15) is 5.10 Å². The summed E-state index contributed by atoms with van der Waals surface area (Å²) in [5.74, 6) is 0.534. The fourth-order valence-electron chi connectivity index (χ4n) is 4.46. The van der Waals surface area contributed by atoms with Crippen LogP contribution in [0.25, 0.3) is 10.9 Å². The standard InChI is InChI=1S/C26H35Cl2N7O2/c1-26(2,3)37-25(36)35-13-5-4-6-18(35)9-12-30-24-31-15-20(28)22(32-24)10-11-29-16-23-19-14-17(27)7-8-21(19)33-34-23/h7-8,14-15,18,29H,4-6,9-13,16H2,1-3H3,(H,33,34)(H,30,31,32). The zero-order chi connectivity index (χ0) is 26.4. The minimum absolute atomic E-state index is 0.139. The molecule has 1 aliphatic heterocycles. The zero-order valence-electron chi connectivity index (χ0n) is 21.6. The van der Waals surface area contributed by atoms with Crippen molar-refractivity contribution in [2.24, 2.45) is 0 Å². The summed E-state index contributed by atoms with van der Waals surface area (Å²) in [6, 6.07) is 5.82. The molecule has 0 radical (unpaired) electrons. The first-order chi connectivity index (χ1) is 17.7. The van der Waals surface area contributed by atoms with Gasteiger partial charge in [-0.1, -0.05) is 23.2 Å². The molecule has 1 amide bonds. The summed E-state index contributed by atoms with van der Waals surface area (Å²) in [5, 5.41) is 16.3. The van der Waals surface area contributed by atoms with Gasteiger partial charge in [0.2, 0.25) is 5.95 Å². The van der Waals surface area contributed by atoms with Gasteiger partial charge >= 0.3 is 6.09 Å². The molecule has 2 aromatic heterocycles. The quantitative estimate of drug-likeness (QED) is 0.300. The first-order valence-electron chi connectivity index (χ1n) is 12.8. The molecule has 37 heavy (non-hydrogen) atoms. The number of nitrogens with zero attached hydrogens (tertiary/aromatic N) is 4. The van der Waals surface area contributed by atoms with Crippen LogP contribution in [0.15, 0.2) is 24.4 Å². The number of likely N-dealkylation sites (tertiary alicyclic amines) is 1. The van der Waals surface area contributed by atoms with Crippen molar-refractivity contribution in [1.29, 1.82) is 0 Å². The van der Waals surface area contributed by atoms with E-state index in [1.807, 2.05) is 43.9 Å². The largest absolute Gasteiger partial charge is 0.444 e. The van der Waals surface area contributed by atoms with E-state index in [-0.39, 0.29) is 12.1 Å². The number of amides is 1. The molecule has 3 heterocycles. The van der Waals surface area contributed by atoms with E-state index >= 15 is 0 Å². The van der Waals surface area contributed by atoms with Gasteiger partial charge in [0, 0.05) is 49.1 Å². The van der Waals surface area contributed by atoms with Gasteiger partial charge in [0.1, 0.15) is 5.60 Å². The molecule has 1 aliphatic rings. The van der Waals surface area contributed by atoms with Gasteiger partial charge in [0.25, 0.3) is 0 Å². The topological polar surface area (TPSA) is 108 Å². The second kappa shape index (κ2) is 12.3. The summed E-state index contributed by atoms with van der Waals surface area (Å²) in [7, 11) is 0. The number of hydrogen-bond donors (Lipinski definition) is 3. The van der Waals surface area contributed by atoms with Crippen LogP contribution in [0.1, 0.15) is 57.8 Å². The predicted molar refractivity (Wildman–Crippen MR) is 147 cm³/mol. The Labute approximate surface area is 227 Å². The third-order valence-electron chi connectivity index (χ3n) is 6.27. The fraction of sp³-hybridized carbons (Fsp3) is 0.538. The highest BCUT2D eigenvalue weighted by Gasteiger charge is 2.30. The number of anilines is 1. The Morgan fingerprint density at radius 3 is 2.86 bits per heavy atom. The minimum atomic E-state index is -0.501. The summed E-state index contributed by atoms with van der Waals surface area (Å²) < 4.78 is 5.61. The van der Waals surface area contributed by atoms with E-state index in [2.05, 4.69) is 30.8 Å². The Kier molecular flexibility index (Phi) is 9.10. The Morgan fingerprint density at radius 1 is 1.22 bits per heavy atom. The van der Waals surface area contributed by atoms with Gasteiger partial charge in [0.15, 0.2) is 0 Å². The molecule has 11 heteroatoms. The number of aromatic amines is 1.